The van der Waals surface area contributed by atoms with Crippen LogP contribution in [0.5, 0.6) is 5.75 Å². The monoisotopic (exact) mass is 384 g/mol. The number of aromatic nitrogens is 1. The molecule has 0 saturated carbocycles. The van der Waals surface area contributed by atoms with Crippen LogP contribution in [0.25, 0.3) is 11.3 Å². The SMILES string of the molecule is COC(=O)C[C@@H]1C[C@@H](COc2ccc(-c3ccc(C(=N)N)n3C)cc2)NC1=O. The molecule has 2 heterocycles. The summed E-state index contributed by atoms with van der Waals surface area (Å²) in [5, 5.41) is 10.4. The highest BCUT2D eigenvalue weighted by Gasteiger charge is 2.34. The van der Waals surface area contributed by atoms with E-state index in [2.05, 4.69) is 10.1 Å². The van der Waals surface area contributed by atoms with Crippen molar-refractivity contribution in [1.29, 1.82) is 5.41 Å². The van der Waals surface area contributed by atoms with Gasteiger partial charge in [0.25, 0.3) is 0 Å². The van der Waals surface area contributed by atoms with Gasteiger partial charge in [0.2, 0.25) is 5.91 Å². The standard InChI is InChI=1S/C20H24N4O4/c1-24-16(7-8-17(24)19(21)22)12-3-5-15(6-4-12)28-11-14-9-13(20(26)23-14)10-18(25)27-2/h3-8,13-14H,9-11H2,1-2H3,(H3,21,22)(H,23,26)/t13-,14-/m0/s1. The predicted octanol–water partition coefficient (Wildman–Crippen LogP) is 1.42. The van der Waals surface area contributed by atoms with Crippen molar-refractivity contribution < 1.29 is 19.1 Å². The zero-order valence-corrected chi connectivity index (χ0v) is 15.9. The van der Waals surface area contributed by atoms with E-state index in [1.807, 2.05) is 48.0 Å². The minimum Gasteiger partial charge on any atom is -0.491 e. The lowest BCUT2D eigenvalue weighted by molar-refractivity contribution is -0.143. The molecule has 1 aromatic carbocycles. The first kappa shape index (κ1) is 19.5. The summed E-state index contributed by atoms with van der Waals surface area (Å²) >= 11 is 0. The molecule has 1 aromatic heterocycles. The molecule has 0 radical (unpaired) electrons. The van der Waals surface area contributed by atoms with Gasteiger partial charge >= 0.3 is 5.97 Å². The minimum atomic E-state index is -0.383. The number of hydrogen-bond donors (Lipinski definition) is 3. The van der Waals surface area contributed by atoms with E-state index >= 15 is 0 Å². The number of amidine groups is 1. The molecule has 1 aliphatic heterocycles. The summed E-state index contributed by atoms with van der Waals surface area (Å²) in [7, 11) is 3.18. The van der Waals surface area contributed by atoms with Crippen molar-refractivity contribution in [2.24, 2.45) is 18.7 Å². The summed E-state index contributed by atoms with van der Waals surface area (Å²) in [6.07, 6.45) is 0.635. The highest BCUT2D eigenvalue weighted by atomic mass is 16.5. The molecule has 148 valence electrons. The topological polar surface area (TPSA) is 119 Å². The number of nitrogen functional groups attached to an aromatic ring is 1. The van der Waals surface area contributed by atoms with E-state index in [1.54, 1.807) is 0 Å². The summed E-state index contributed by atoms with van der Waals surface area (Å²) in [6, 6.07) is 11.2. The molecule has 0 bridgehead atoms. The second kappa shape index (κ2) is 8.16. The predicted molar refractivity (Wildman–Crippen MR) is 104 cm³/mol. The lowest BCUT2D eigenvalue weighted by Crippen LogP contribution is -2.31. The van der Waals surface area contributed by atoms with E-state index in [9.17, 15) is 9.59 Å². The number of nitrogens with zero attached hydrogens (tertiary/aromatic N) is 1. The fourth-order valence-electron chi connectivity index (χ4n) is 3.39. The molecule has 1 aliphatic rings. The first-order chi connectivity index (χ1) is 13.4. The normalized spacial score (nSPS) is 18.6. The van der Waals surface area contributed by atoms with E-state index < -0.39 is 0 Å². The van der Waals surface area contributed by atoms with Gasteiger partial charge in [-0.2, -0.15) is 0 Å². The van der Waals surface area contributed by atoms with Gasteiger partial charge in [-0.05, 0) is 48.4 Å². The van der Waals surface area contributed by atoms with Crippen LogP contribution in [0.2, 0.25) is 0 Å². The molecule has 0 aliphatic carbocycles. The van der Waals surface area contributed by atoms with E-state index in [4.69, 9.17) is 15.9 Å². The number of methoxy groups -OCH3 is 1. The fourth-order valence-corrected chi connectivity index (χ4v) is 3.39. The number of esters is 1. The Labute approximate surface area is 163 Å². The minimum absolute atomic E-state index is 0.0258. The van der Waals surface area contributed by atoms with Gasteiger partial charge in [0.05, 0.1) is 31.2 Å². The number of ether oxygens (including phenoxy) is 2. The molecule has 2 aromatic rings. The maximum Gasteiger partial charge on any atom is 0.306 e. The van der Waals surface area contributed by atoms with Crippen LogP contribution in [0.15, 0.2) is 36.4 Å². The van der Waals surface area contributed by atoms with E-state index in [0.717, 1.165) is 11.3 Å². The maximum absolute atomic E-state index is 11.9. The second-order valence-corrected chi connectivity index (χ2v) is 6.83. The average molecular weight is 384 g/mol. The first-order valence-electron chi connectivity index (χ1n) is 8.99. The largest absolute Gasteiger partial charge is 0.491 e. The van der Waals surface area contributed by atoms with Crippen molar-refractivity contribution in [2.75, 3.05) is 13.7 Å². The zero-order valence-electron chi connectivity index (χ0n) is 15.9. The van der Waals surface area contributed by atoms with Crippen LogP contribution < -0.4 is 15.8 Å². The van der Waals surface area contributed by atoms with Gasteiger partial charge in [0.15, 0.2) is 0 Å². The van der Waals surface area contributed by atoms with Crippen molar-refractivity contribution in [3.8, 4) is 17.0 Å². The third kappa shape index (κ3) is 4.16. The first-order valence-corrected chi connectivity index (χ1v) is 8.99. The van der Waals surface area contributed by atoms with Crippen LogP contribution in [0.4, 0.5) is 0 Å². The summed E-state index contributed by atoms with van der Waals surface area (Å²) in [6.45, 7) is 0.335. The lowest BCUT2D eigenvalue weighted by Gasteiger charge is -2.13. The van der Waals surface area contributed by atoms with Gasteiger partial charge in [-0.15, -0.1) is 0 Å². The van der Waals surface area contributed by atoms with Crippen molar-refractivity contribution in [2.45, 2.75) is 18.9 Å². The van der Waals surface area contributed by atoms with Gasteiger partial charge in [-0.25, -0.2) is 0 Å². The number of benzene rings is 1. The highest BCUT2D eigenvalue weighted by Crippen LogP contribution is 2.25. The number of carbonyl (C=O) groups is 2. The van der Waals surface area contributed by atoms with E-state index in [-0.39, 0.29) is 36.1 Å². The molecule has 0 spiro atoms. The number of hydrogen-bond acceptors (Lipinski definition) is 5. The molecule has 4 N–H and O–H groups in total. The molecular weight excluding hydrogens is 360 g/mol. The van der Waals surface area contributed by atoms with Crippen molar-refractivity contribution in [3.05, 3.63) is 42.1 Å². The number of rotatable bonds is 7. The molecular formula is C20H24N4O4. The van der Waals surface area contributed by atoms with E-state index in [0.29, 0.717) is 24.5 Å². The molecule has 1 fully saturated rings. The molecule has 8 heteroatoms. The van der Waals surface area contributed by atoms with E-state index in [1.165, 1.54) is 7.11 Å². The summed E-state index contributed by atoms with van der Waals surface area (Å²) < 4.78 is 12.3. The summed E-state index contributed by atoms with van der Waals surface area (Å²) in [5.74, 6) is -0.172. The summed E-state index contributed by atoms with van der Waals surface area (Å²) in [5.41, 5.74) is 8.16. The Morgan fingerprint density at radius 1 is 1.29 bits per heavy atom. The van der Waals surface area contributed by atoms with Gasteiger partial charge in [-0.1, -0.05) is 0 Å². The van der Waals surface area contributed by atoms with Crippen LogP contribution in [-0.4, -0.2) is 42.0 Å². The van der Waals surface area contributed by atoms with Gasteiger partial charge in [0, 0.05) is 12.7 Å². The number of nitrogens with one attached hydrogen (secondary N) is 2. The Balaban J connectivity index is 1.57. The molecule has 1 saturated heterocycles. The molecule has 28 heavy (non-hydrogen) atoms. The number of amides is 1. The van der Waals surface area contributed by atoms with Crippen LogP contribution in [0.1, 0.15) is 18.5 Å². The zero-order chi connectivity index (χ0) is 20.3. The Hall–Kier alpha value is -3.29. The Morgan fingerprint density at radius 3 is 2.61 bits per heavy atom. The Morgan fingerprint density at radius 2 is 2.00 bits per heavy atom. The van der Waals surface area contributed by atoms with Crippen LogP contribution in [0.3, 0.4) is 0 Å². The third-order valence-electron chi connectivity index (χ3n) is 4.93. The molecule has 1 amide bonds. The van der Waals surface area contributed by atoms with Crippen LogP contribution in [0, 0.1) is 11.3 Å². The van der Waals surface area contributed by atoms with Crippen molar-refractivity contribution >= 4 is 17.7 Å². The van der Waals surface area contributed by atoms with Gasteiger partial charge in [0.1, 0.15) is 18.2 Å². The maximum atomic E-state index is 11.9. The quantitative estimate of drug-likeness (QED) is 0.379. The van der Waals surface area contributed by atoms with Gasteiger partial charge < -0.3 is 25.1 Å². The smallest absolute Gasteiger partial charge is 0.306 e. The Bertz CT molecular complexity index is 888. The molecule has 2 atom stereocenters. The lowest BCUT2D eigenvalue weighted by atomic mass is 10.0. The fraction of sp³-hybridized carbons (Fsp3) is 0.350. The van der Waals surface area contributed by atoms with Crippen LogP contribution >= 0.6 is 0 Å². The molecule has 3 rings (SSSR count). The van der Waals surface area contributed by atoms with Gasteiger partial charge in [-0.3, -0.25) is 15.0 Å². The van der Waals surface area contributed by atoms with Crippen molar-refractivity contribution in [3.63, 3.8) is 0 Å². The second-order valence-electron chi connectivity index (χ2n) is 6.83. The number of nitrogens with two attached hydrogens (primary N) is 1. The molecule has 8 nitrogen and oxygen atoms in total. The van der Waals surface area contributed by atoms with Crippen LogP contribution in [-0.2, 0) is 21.4 Å². The van der Waals surface area contributed by atoms with Crippen molar-refractivity contribution in [1.82, 2.24) is 9.88 Å². The number of carbonyl (C=O) groups excluding carboxylic acids is 2. The molecule has 0 unspecified atom stereocenters. The third-order valence-corrected chi connectivity index (χ3v) is 4.93. The average Bonchev–Trinajstić information content (AvgIpc) is 3.23. The Kier molecular flexibility index (Phi) is 5.67. The highest BCUT2D eigenvalue weighted by molar-refractivity contribution is 5.94. The summed E-state index contributed by atoms with van der Waals surface area (Å²) in [4.78, 5) is 23.3.